The van der Waals surface area contributed by atoms with Crippen molar-refractivity contribution >= 4 is 12.0 Å². The highest BCUT2D eigenvalue weighted by atomic mass is 16.4. The van der Waals surface area contributed by atoms with E-state index in [1.807, 2.05) is 11.8 Å². The van der Waals surface area contributed by atoms with Gasteiger partial charge in [-0.2, -0.15) is 0 Å². The summed E-state index contributed by atoms with van der Waals surface area (Å²) < 4.78 is 0. The Morgan fingerprint density at radius 3 is 2.40 bits per heavy atom. The smallest absolute Gasteiger partial charge is 0.317 e. The molecular formula is C19H29N3O3. The first-order valence-corrected chi connectivity index (χ1v) is 8.94. The highest BCUT2D eigenvalue weighted by Crippen LogP contribution is 2.25. The Morgan fingerprint density at radius 2 is 1.84 bits per heavy atom. The first-order chi connectivity index (χ1) is 11.9. The molecule has 1 aromatic rings. The van der Waals surface area contributed by atoms with Gasteiger partial charge >= 0.3 is 12.0 Å². The zero-order valence-electron chi connectivity index (χ0n) is 15.3. The van der Waals surface area contributed by atoms with Crippen molar-refractivity contribution in [3.05, 3.63) is 34.9 Å². The topological polar surface area (TPSA) is 81.7 Å². The van der Waals surface area contributed by atoms with Crippen LogP contribution in [0.15, 0.2) is 18.2 Å². The SMILES string of the molecule is CCN(CC(=O)O)C1CC(NC(=O)NCCc2cc(C)cc(C)c2)C1. The fourth-order valence-corrected chi connectivity index (χ4v) is 3.45. The molecule has 0 saturated heterocycles. The zero-order valence-corrected chi connectivity index (χ0v) is 15.3. The van der Waals surface area contributed by atoms with Gasteiger partial charge in [0, 0.05) is 18.6 Å². The molecule has 0 atom stereocenters. The number of hydrogen-bond acceptors (Lipinski definition) is 3. The third-order valence-electron chi connectivity index (χ3n) is 4.69. The van der Waals surface area contributed by atoms with Gasteiger partial charge in [-0.15, -0.1) is 0 Å². The van der Waals surface area contributed by atoms with Crippen LogP contribution in [0.1, 0.15) is 36.5 Å². The number of likely N-dealkylation sites (N-methyl/N-ethyl adjacent to an activating group) is 1. The molecule has 0 aliphatic heterocycles. The van der Waals surface area contributed by atoms with Gasteiger partial charge in [0.25, 0.3) is 0 Å². The van der Waals surface area contributed by atoms with Crippen molar-refractivity contribution in [3.8, 4) is 0 Å². The molecule has 1 aliphatic rings. The molecule has 0 bridgehead atoms. The largest absolute Gasteiger partial charge is 0.480 e. The highest BCUT2D eigenvalue weighted by molar-refractivity contribution is 5.74. The predicted molar refractivity (Wildman–Crippen MR) is 97.8 cm³/mol. The fraction of sp³-hybridized carbons (Fsp3) is 0.579. The number of rotatable bonds is 8. The first kappa shape index (κ1) is 19.2. The van der Waals surface area contributed by atoms with Crippen LogP contribution in [0.25, 0.3) is 0 Å². The molecule has 2 amide bonds. The summed E-state index contributed by atoms with van der Waals surface area (Å²) in [6.45, 7) is 7.50. The summed E-state index contributed by atoms with van der Waals surface area (Å²) in [6.07, 6.45) is 2.43. The molecule has 2 rings (SSSR count). The minimum atomic E-state index is -0.803. The van der Waals surface area contributed by atoms with Crippen molar-refractivity contribution in [2.24, 2.45) is 0 Å². The molecule has 1 fully saturated rings. The van der Waals surface area contributed by atoms with Crippen molar-refractivity contribution < 1.29 is 14.7 Å². The van der Waals surface area contributed by atoms with Crippen LogP contribution in [0.4, 0.5) is 4.79 Å². The molecule has 0 heterocycles. The summed E-state index contributed by atoms with van der Waals surface area (Å²) in [5.74, 6) is -0.803. The molecule has 6 heteroatoms. The fourth-order valence-electron chi connectivity index (χ4n) is 3.45. The Balaban J connectivity index is 1.66. The summed E-state index contributed by atoms with van der Waals surface area (Å²) in [4.78, 5) is 24.7. The van der Waals surface area contributed by atoms with E-state index in [0.29, 0.717) is 13.1 Å². The second-order valence-corrected chi connectivity index (χ2v) is 6.93. The maximum Gasteiger partial charge on any atom is 0.317 e. The highest BCUT2D eigenvalue weighted by Gasteiger charge is 2.34. The van der Waals surface area contributed by atoms with Gasteiger partial charge in [0.15, 0.2) is 0 Å². The van der Waals surface area contributed by atoms with Crippen molar-refractivity contribution in [1.29, 1.82) is 0 Å². The Kier molecular flexibility index (Phi) is 6.82. The Bertz CT molecular complexity index is 592. The number of carboxylic acids is 1. The van der Waals surface area contributed by atoms with Gasteiger partial charge < -0.3 is 15.7 Å². The molecule has 1 aliphatic carbocycles. The van der Waals surface area contributed by atoms with Gasteiger partial charge in [0.1, 0.15) is 0 Å². The molecule has 0 aromatic heterocycles. The molecule has 25 heavy (non-hydrogen) atoms. The molecule has 138 valence electrons. The normalized spacial score (nSPS) is 19.4. The number of nitrogens with zero attached hydrogens (tertiary/aromatic N) is 1. The number of carboxylic acid groups (broad SMARTS) is 1. The summed E-state index contributed by atoms with van der Waals surface area (Å²) in [5, 5.41) is 14.8. The maximum atomic E-state index is 12.0. The van der Waals surface area contributed by atoms with Gasteiger partial charge in [-0.1, -0.05) is 36.2 Å². The van der Waals surface area contributed by atoms with Crippen molar-refractivity contribution in [2.75, 3.05) is 19.6 Å². The number of nitrogens with one attached hydrogen (secondary N) is 2. The van der Waals surface area contributed by atoms with Crippen molar-refractivity contribution in [3.63, 3.8) is 0 Å². The monoisotopic (exact) mass is 347 g/mol. The first-order valence-electron chi connectivity index (χ1n) is 8.94. The van der Waals surface area contributed by atoms with Gasteiger partial charge in [-0.05, 0) is 45.2 Å². The van der Waals surface area contributed by atoms with Gasteiger partial charge in [-0.25, -0.2) is 4.79 Å². The van der Waals surface area contributed by atoms with Crippen LogP contribution >= 0.6 is 0 Å². The molecular weight excluding hydrogens is 318 g/mol. The maximum absolute atomic E-state index is 12.0. The van der Waals surface area contributed by atoms with Crippen molar-refractivity contribution in [1.82, 2.24) is 15.5 Å². The third-order valence-corrected chi connectivity index (χ3v) is 4.69. The van der Waals surface area contributed by atoms with Crippen LogP contribution in [0, 0.1) is 13.8 Å². The lowest BCUT2D eigenvalue weighted by atomic mass is 9.85. The Morgan fingerprint density at radius 1 is 1.20 bits per heavy atom. The lowest BCUT2D eigenvalue weighted by Crippen LogP contribution is -2.56. The van der Waals surface area contributed by atoms with Crippen LogP contribution in [-0.4, -0.2) is 53.7 Å². The molecule has 0 unspecified atom stereocenters. The average molecular weight is 347 g/mol. The molecule has 1 aromatic carbocycles. The second kappa shape index (κ2) is 8.85. The van der Waals surface area contributed by atoms with E-state index in [4.69, 9.17) is 5.11 Å². The van der Waals surface area contributed by atoms with Crippen LogP contribution in [0.2, 0.25) is 0 Å². The van der Waals surface area contributed by atoms with E-state index in [1.165, 1.54) is 16.7 Å². The van der Waals surface area contributed by atoms with Crippen molar-refractivity contribution in [2.45, 2.75) is 52.1 Å². The summed E-state index contributed by atoms with van der Waals surface area (Å²) in [7, 11) is 0. The molecule has 6 nitrogen and oxygen atoms in total. The number of carbonyl (C=O) groups excluding carboxylic acids is 1. The van der Waals surface area contributed by atoms with E-state index in [-0.39, 0.29) is 24.7 Å². The number of aliphatic carboxylic acids is 1. The Hall–Kier alpha value is -2.08. The summed E-state index contributed by atoms with van der Waals surface area (Å²) in [5.41, 5.74) is 3.71. The van der Waals surface area contributed by atoms with E-state index < -0.39 is 5.97 Å². The van der Waals surface area contributed by atoms with Gasteiger partial charge in [-0.3, -0.25) is 9.69 Å². The quantitative estimate of drug-likeness (QED) is 0.672. The minimum Gasteiger partial charge on any atom is -0.480 e. The van der Waals surface area contributed by atoms with E-state index >= 15 is 0 Å². The standard InChI is InChI=1S/C19H29N3O3/c1-4-22(12-18(23)24)17-10-16(11-17)21-19(25)20-6-5-15-8-13(2)7-14(3)9-15/h7-9,16-17H,4-6,10-12H2,1-3H3,(H,23,24)(H2,20,21,25). The molecule has 1 saturated carbocycles. The molecule has 0 radical (unpaired) electrons. The van der Waals surface area contributed by atoms with Crippen LogP contribution in [0.3, 0.4) is 0 Å². The van der Waals surface area contributed by atoms with E-state index in [9.17, 15) is 9.59 Å². The van der Waals surface area contributed by atoms with Gasteiger partial charge in [0.05, 0.1) is 6.54 Å². The number of hydrogen-bond donors (Lipinski definition) is 3. The number of aryl methyl sites for hydroxylation is 2. The second-order valence-electron chi connectivity index (χ2n) is 6.93. The number of amides is 2. The lowest BCUT2D eigenvalue weighted by molar-refractivity contribution is -0.139. The zero-order chi connectivity index (χ0) is 18.4. The van der Waals surface area contributed by atoms with E-state index in [1.54, 1.807) is 0 Å². The summed E-state index contributed by atoms with van der Waals surface area (Å²) >= 11 is 0. The van der Waals surface area contributed by atoms with Crippen LogP contribution < -0.4 is 10.6 Å². The lowest BCUT2D eigenvalue weighted by Gasteiger charge is -2.42. The van der Waals surface area contributed by atoms with Crippen LogP contribution in [-0.2, 0) is 11.2 Å². The Labute approximate surface area is 149 Å². The minimum absolute atomic E-state index is 0.0655. The number of carbonyl (C=O) groups is 2. The average Bonchev–Trinajstić information content (AvgIpc) is 2.47. The number of urea groups is 1. The predicted octanol–water partition coefficient (Wildman–Crippen LogP) is 2.08. The number of benzene rings is 1. The van der Waals surface area contributed by atoms with Gasteiger partial charge in [0.2, 0.25) is 0 Å². The molecule has 0 spiro atoms. The van der Waals surface area contributed by atoms with Crippen LogP contribution in [0.5, 0.6) is 0 Å². The van der Waals surface area contributed by atoms with E-state index in [2.05, 4.69) is 42.7 Å². The van der Waals surface area contributed by atoms with E-state index in [0.717, 1.165) is 19.3 Å². The summed E-state index contributed by atoms with van der Waals surface area (Å²) in [6, 6.07) is 6.67. The molecule has 3 N–H and O–H groups in total. The third kappa shape index (κ3) is 6.05.